The van der Waals surface area contributed by atoms with E-state index in [1.807, 2.05) is 21.1 Å². The van der Waals surface area contributed by atoms with Gasteiger partial charge in [0.2, 0.25) is 0 Å². The van der Waals surface area contributed by atoms with Crippen LogP contribution in [0.2, 0.25) is 0 Å². The molecule has 10 heteroatoms. The molecule has 0 saturated heterocycles. The van der Waals surface area contributed by atoms with Crippen molar-refractivity contribution in [2.45, 2.75) is 200 Å². The van der Waals surface area contributed by atoms with Gasteiger partial charge in [0.1, 0.15) is 19.8 Å². The van der Waals surface area contributed by atoms with Crippen molar-refractivity contribution >= 4 is 19.8 Å². The molecule has 0 aromatic rings. The first kappa shape index (κ1) is 56.0. The number of phosphoric ester groups is 1. The highest BCUT2D eigenvalue weighted by atomic mass is 31.2. The maximum absolute atomic E-state index is 12.7. The van der Waals surface area contributed by atoms with Crippen LogP contribution in [0.5, 0.6) is 0 Å². The molecule has 0 aliphatic rings. The van der Waals surface area contributed by atoms with Crippen molar-refractivity contribution in [2.75, 3.05) is 47.5 Å². The molecule has 0 aliphatic heterocycles. The Balaban J connectivity index is 4.35. The number of hydrogen-bond acceptors (Lipinski definition) is 8. The summed E-state index contributed by atoms with van der Waals surface area (Å²) < 4.78 is 33.9. The number of rotatable bonds is 42. The lowest BCUT2D eigenvalue weighted by Gasteiger charge is -2.28. The minimum atomic E-state index is -4.63. The molecule has 0 N–H and O–H groups in total. The predicted molar refractivity (Wildman–Crippen MR) is 240 cm³/mol. The molecule has 0 radical (unpaired) electrons. The first-order valence-electron chi connectivity index (χ1n) is 23.4. The quantitative estimate of drug-likeness (QED) is 0.0149. The van der Waals surface area contributed by atoms with Gasteiger partial charge in [0.25, 0.3) is 7.82 Å². The molecule has 58 heavy (non-hydrogen) atoms. The maximum atomic E-state index is 12.7. The minimum Gasteiger partial charge on any atom is -0.756 e. The summed E-state index contributed by atoms with van der Waals surface area (Å²) in [6.45, 7) is 4.16. The van der Waals surface area contributed by atoms with E-state index in [-0.39, 0.29) is 26.1 Å². The second-order valence-electron chi connectivity index (χ2n) is 16.8. The van der Waals surface area contributed by atoms with Gasteiger partial charge in [-0.1, -0.05) is 159 Å². The average molecular weight is 838 g/mol. The number of hydrogen-bond donors (Lipinski definition) is 0. The Hall–Kier alpha value is -2.03. The number of quaternary nitrogens is 1. The van der Waals surface area contributed by atoms with Crippen molar-refractivity contribution in [3.63, 3.8) is 0 Å². The number of allylic oxidation sites excluding steroid dienone is 8. The molecule has 338 valence electrons. The van der Waals surface area contributed by atoms with Gasteiger partial charge in [-0.3, -0.25) is 14.2 Å². The van der Waals surface area contributed by atoms with Crippen LogP contribution in [0.25, 0.3) is 0 Å². The second-order valence-corrected chi connectivity index (χ2v) is 18.2. The summed E-state index contributed by atoms with van der Waals surface area (Å²) in [5, 5.41) is 0. The number of unbranched alkanes of at least 4 members (excludes halogenated alkanes) is 21. The number of ether oxygens (including phenoxy) is 2. The lowest BCUT2D eigenvalue weighted by atomic mass is 10.1. The Kier molecular flexibility index (Phi) is 39.0. The Morgan fingerprint density at radius 3 is 1.50 bits per heavy atom. The van der Waals surface area contributed by atoms with Crippen molar-refractivity contribution in [3.05, 3.63) is 48.6 Å². The van der Waals surface area contributed by atoms with E-state index in [0.717, 1.165) is 70.6 Å². The lowest BCUT2D eigenvalue weighted by molar-refractivity contribution is -0.870. The highest BCUT2D eigenvalue weighted by molar-refractivity contribution is 7.45. The van der Waals surface area contributed by atoms with Crippen LogP contribution in [0, 0.1) is 0 Å². The number of esters is 2. The summed E-state index contributed by atoms with van der Waals surface area (Å²) in [4.78, 5) is 37.6. The van der Waals surface area contributed by atoms with E-state index in [1.165, 1.54) is 83.5 Å². The molecular weight excluding hydrogens is 750 g/mol. The zero-order valence-electron chi connectivity index (χ0n) is 38.0. The van der Waals surface area contributed by atoms with E-state index >= 15 is 0 Å². The van der Waals surface area contributed by atoms with E-state index in [0.29, 0.717) is 23.9 Å². The molecular formula is C48H88NO8P. The first-order chi connectivity index (χ1) is 28.0. The summed E-state index contributed by atoms with van der Waals surface area (Å²) in [6.07, 6.45) is 47.0. The molecule has 0 fully saturated rings. The Labute approximate surface area is 356 Å². The summed E-state index contributed by atoms with van der Waals surface area (Å²) in [6, 6.07) is 0. The molecule has 0 aliphatic carbocycles. The third kappa shape index (κ3) is 43.5. The number of likely N-dealkylation sites (N-methyl/N-ethyl adjacent to an activating group) is 1. The zero-order valence-corrected chi connectivity index (χ0v) is 38.9. The number of carbonyl (C=O) groups excluding carboxylic acids is 2. The number of phosphoric acid groups is 1. The van der Waals surface area contributed by atoms with Gasteiger partial charge in [-0.2, -0.15) is 0 Å². The van der Waals surface area contributed by atoms with Crippen LogP contribution in [0.15, 0.2) is 48.6 Å². The molecule has 9 nitrogen and oxygen atoms in total. The fraction of sp³-hybridized carbons (Fsp3) is 0.792. The first-order valence-corrected chi connectivity index (χ1v) is 24.8. The van der Waals surface area contributed by atoms with Crippen molar-refractivity contribution in [2.24, 2.45) is 0 Å². The summed E-state index contributed by atoms with van der Waals surface area (Å²) in [7, 11) is 1.15. The Bertz CT molecular complexity index is 1130. The fourth-order valence-corrected chi connectivity index (χ4v) is 6.87. The number of nitrogens with zero attached hydrogens (tertiary/aromatic N) is 1. The van der Waals surface area contributed by atoms with Gasteiger partial charge in [0.05, 0.1) is 27.7 Å². The van der Waals surface area contributed by atoms with Crippen LogP contribution in [0.4, 0.5) is 0 Å². The van der Waals surface area contributed by atoms with Crippen molar-refractivity contribution in [3.8, 4) is 0 Å². The second kappa shape index (κ2) is 40.4. The zero-order chi connectivity index (χ0) is 42.8. The van der Waals surface area contributed by atoms with E-state index < -0.39 is 32.5 Å². The normalized spacial score (nSPS) is 14.0. The Morgan fingerprint density at radius 2 is 0.983 bits per heavy atom. The van der Waals surface area contributed by atoms with E-state index in [2.05, 4.69) is 62.5 Å². The number of carbonyl (C=O) groups is 2. The monoisotopic (exact) mass is 838 g/mol. The fourth-order valence-electron chi connectivity index (χ4n) is 6.15. The van der Waals surface area contributed by atoms with E-state index in [1.54, 1.807) is 0 Å². The van der Waals surface area contributed by atoms with Crippen molar-refractivity contribution in [1.29, 1.82) is 0 Å². The van der Waals surface area contributed by atoms with Gasteiger partial charge in [0, 0.05) is 12.8 Å². The van der Waals surface area contributed by atoms with Crippen LogP contribution < -0.4 is 4.89 Å². The SMILES string of the molecule is CCCCC/C=C/C/C=C/CCCCCCCCCCCC(=O)O[C@H](COC(=O)CCCCCCC/C=C/C=C/CCCCCC)COP(=O)([O-])OCC[N+](C)(C)C. The highest BCUT2D eigenvalue weighted by Gasteiger charge is 2.21. The molecule has 0 aromatic heterocycles. The van der Waals surface area contributed by atoms with Crippen LogP contribution in [0.3, 0.4) is 0 Å². The van der Waals surface area contributed by atoms with Gasteiger partial charge < -0.3 is 27.9 Å². The molecule has 0 rings (SSSR count). The lowest BCUT2D eigenvalue weighted by Crippen LogP contribution is -2.37. The summed E-state index contributed by atoms with van der Waals surface area (Å²) in [5.74, 6) is -0.857. The highest BCUT2D eigenvalue weighted by Crippen LogP contribution is 2.38. The van der Waals surface area contributed by atoms with Gasteiger partial charge in [-0.25, -0.2) is 0 Å². The van der Waals surface area contributed by atoms with E-state index in [9.17, 15) is 19.0 Å². The molecule has 0 heterocycles. The van der Waals surface area contributed by atoms with Crippen LogP contribution in [-0.4, -0.2) is 70.0 Å². The summed E-state index contributed by atoms with van der Waals surface area (Å²) in [5.41, 5.74) is 0. The van der Waals surface area contributed by atoms with E-state index in [4.69, 9.17) is 18.5 Å². The molecule has 0 aromatic carbocycles. The smallest absolute Gasteiger partial charge is 0.306 e. The Morgan fingerprint density at radius 1 is 0.552 bits per heavy atom. The minimum absolute atomic E-state index is 0.0355. The third-order valence-electron chi connectivity index (χ3n) is 9.85. The third-order valence-corrected chi connectivity index (χ3v) is 10.8. The molecule has 0 bridgehead atoms. The van der Waals surface area contributed by atoms with Gasteiger partial charge >= 0.3 is 11.9 Å². The molecule has 0 amide bonds. The van der Waals surface area contributed by atoms with Crippen LogP contribution >= 0.6 is 7.82 Å². The van der Waals surface area contributed by atoms with Crippen LogP contribution in [-0.2, 0) is 32.7 Å². The van der Waals surface area contributed by atoms with Gasteiger partial charge in [-0.05, 0) is 70.6 Å². The largest absolute Gasteiger partial charge is 0.756 e. The van der Waals surface area contributed by atoms with Crippen LogP contribution in [0.1, 0.15) is 194 Å². The topological polar surface area (TPSA) is 111 Å². The summed E-state index contributed by atoms with van der Waals surface area (Å²) >= 11 is 0. The van der Waals surface area contributed by atoms with Gasteiger partial charge in [-0.15, -0.1) is 0 Å². The predicted octanol–water partition coefficient (Wildman–Crippen LogP) is 12.8. The van der Waals surface area contributed by atoms with Crippen molar-refractivity contribution < 1.29 is 42.1 Å². The maximum Gasteiger partial charge on any atom is 0.306 e. The van der Waals surface area contributed by atoms with Gasteiger partial charge in [0.15, 0.2) is 6.10 Å². The standard InChI is InChI=1S/C48H88NO8P/c1-6-8-10-12-14-16-18-20-22-23-24-25-27-29-31-33-35-37-39-41-48(51)57-46(45-56-58(52,53)55-43-42-49(3,4)5)44-54-47(50)40-38-36-34-32-30-28-26-21-19-17-15-13-11-9-7-2/h14,16-17,19-22,26,46H,6-13,15,18,23-25,27-45H2,1-5H3/b16-14+,19-17+,22-20+,26-21+/t46-/m1/s1. The molecule has 0 spiro atoms. The van der Waals surface area contributed by atoms with Crippen molar-refractivity contribution in [1.82, 2.24) is 0 Å². The average Bonchev–Trinajstić information content (AvgIpc) is 3.17. The molecule has 1 unspecified atom stereocenters. The molecule has 0 saturated carbocycles. The molecule has 2 atom stereocenters.